The van der Waals surface area contributed by atoms with E-state index in [1.54, 1.807) is 0 Å². The number of para-hydroxylation sites is 2. The average molecular weight is 263 g/mol. The minimum absolute atomic E-state index is 0.331. The molecule has 1 aliphatic heterocycles. The lowest BCUT2D eigenvalue weighted by molar-refractivity contribution is 0.671. The zero-order chi connectivity index (χ0) is 12.5. The van der Waals surface area contributed by atoms with Crippen molar-refractivity contribution in [1.82, 2.24) is 9.97 Å². The first kappa shape index (κ1) is 11.7. The van der Waals surface area contributed by atoms with Gasteiger partial charge in [0.2, 0.25) is 0 Å². The van der Waals surface area contributed by atoms with Crippen LogP contribution in [-0.2, 0) is 0 Å². The molecular weight excluding hydrogens is 248 g/mol. The maximum Gasteiger partial charge on any atom is 0.172 e. The summed E-state index contributed by atoms with van der Waals surface area (Å²) in [7, 11) is 0. The fourth-order valence-corrected chi connectivity index (χ4v) is 2.75. The number of nitrogens with zero attached hydrogens (tertiary/aromatic N) is 3. The van der Waals surface area contributed by atoms with Crippen molar-refractivity contribution >= 4 is 28.5 Å². The molecule has 94 valence electrons. The summed E-state index contributed by atoms with van der Waals surface area (Å²) in [5.74, 6) is 0.767. The normalized spacial score (nSPS) is 19.7. The lowest BCUT2D eigenvalue weighted by atomic mass is 10.2. The van der Waals surface area contributed by atoms with Crippen LogP contribution in [0.5, 0.6) is 0 Å². The Morgan fingerprint density at radius 3 is 2.72 bits per heavy atom. The van der Waals surface area contributed by atoms with Crippen LogP contribution < -0.4 is 10.6 Å². The molecule has 2 N–H and O–H groups in total. The van der Waals surface area contributed by atoms with E-state index in [0.717, 1.165) is 36.2 Å². The smallest absolute Gasteiger partial charge is 0.172 e. The van der Waals surface area contributed by atoms with E-state index < -0.39 is 0 Å². The van der Waals surface area contributed by atoms with E-state index in [0.29, 0.717) is 17.7 Å². The molecule has 4 nitrogen and oxygen atoms in total. The first-order valence-electron chi connectivity index (χ1n) is 6.18. The van der Waals surface area contributed by atoms with E-state index in [2.05, 4.69) is 14.9 Å². The van der Waals surface area contributed by atoms with Gasteiger partial charge in [0.1, 0.15) is 0 Å². The molecule has 1 fully saturated rings. The molecule has 0 spiro atoms. The third-order valence-corrected chi connectivity index (χ3v) is 3.69. The summed E-state index contributed by atoms with van der Waals surface area (Å²) in [6, 6.07) is 8.10. The van der Waals surface area contributed by atoms with Crippen LogP contribution >= 0.6 is 11.6 Å². The highest BCUT2D eigenvalue weighted by Gasteiger charge is 2.26. The van der Waals surface area contributed by atoms with Crippen molar-refractivity contribution in [3.8, 4) is 0 Å². The molecule has 1 atom stereocenters. The van der Waals surface area contributed by atoms with Crippen LogP contribution in [0.2, 0.25) is 5.15 Å². The van der Waals surface area contributed by atoms with E-state index >= 15 is 0 Å². The predicted molar refractivity (Wildman–Crippen MR) is 74.0 cm³/mol. The molecule has 5 heteroatoms. The Hall–Kier alpha value is -1.39. The van der Waals surface area contributed by atoms with Crippen molar-refractivity contribution < 1.29 is 0 Å². The largest absolute Gasteiger partial charge is 0.350 e. The lowest BCUT2D eigenvalue weighted by Crippen LogP contribution is -2.36. The van der Waals surface area contributed by atoms with Gasteiger partial charge in [-0.05, 0) is 25.0 Å². The zero-order valence-electron chi connectivity index (χ0n) is 10.0. The second kappa shape index (κ2) is 4.71. The molecule has 2 heterocycles. The third-order valence-electron chi connectivity index (χ3n) is 3.43. The molecule has 1 unspecified atom stereocenters. The molecule has 3 rings (SSSR count). The summed E-state index contributed by atoms with van der Waals surface area (Å²) < 4.78 is 0. The van der Waals surface area contributed by atoms with Crippen LogP contribution in [0.25, 0.3) is 11.0 Å². The second-order valence-electron chi connectivity index (χ2n) is 4.55. The standard InChI is InChI=1S/C13H15ClN4/c14-12-13(18-7-3-4-9(18)8-15)17-11-6-2-1-5-10(11)16-12/h1-2,5-6,9H,3-4,7-8,15H2. The van der Waals surface area contributed by atoms with Gasteiger partial charge in [0.15, 0.2) is 11.0 Å². The van der Waals surface area contributed by atoms with Crippen molar-refractivity contribution in [2.24, 2.45) is 5.73 Å². The molecule has 1 aliphatic rings. The molecule has 1 aromatic heterocycles. The Morgan fingerprint density at radius 1 is 1.28 bits per heavy atom. The molecule has 0 radical (unpaired) electrons. The van der Waals surface area contributed by atoms with Crippen LogP contribution in [0.1, 0.15) is 12.8 Å². The summed E-state index contributed by atoms with van der Waals surface area (Å²) in [4.78, 5) is 11.2. The Bertz CT molecular complexity index is 572. The van der Waals surface area contributed by atoms with Gasteiger partial charge in [0.25, 0.3) is 0 Å². The topological polar surface area (TPSA) is 55.0 Å². The first-order valence-corrected chi connectivity index (χ1v) is 6.56. The van der Waals surface area contributed by atoms with Gasteiger partial charge in [0, 0.05) is 19.1 Å². The number of hydrogen-bond donors (Lipinski definition) is 1. The van der Waals surface area contributed by atoms with Gasteiger partial charge in [-0.25, -0.2) is 9.97 Å². The Morgan fingerprint density at radius 2 is 2.00 bits per heavy atom. The number of fused-ring (bicyclic) bond motifs is 1. The second-order valence-corrected chi connectivity index (χ2v) is 4.91. The van der Waals surface area contributed by atoms with Crippen molar-refractivity contribution in [1.29, 1.82) is 0 Å². The number of halogens is 1. The fourth-order valence-electron chi connectivity index (χ4n) is 2.51. The molecular formula is C13H15ClN4. The van der Waals surface area contributed by atoms with E-state index in [1.807, 2.05) is 24.3 Å². The molecule has 1 aromatic carbocycles. The van der Waals surface area contributed by atoms with Crippen LogP contribution in [-0.4, -0.2) is 29.1 Å². The zero-order valence-corrected chi connectivity index (χ0v) is 10.8. The molecule has 18 heavy (non-hydrogen) atoms. The highest BCUT2D eigenvalue weighted by molar-refractivity contribution is 6.32. The summed E-state index contributed by atoms with van der Waals surface area (Å²) in [5.41, 5.74) is 7.49. The quantitative estimate of drug-likeness (QED) is 0.902. The summed E-state index contributed by atoms with van der Waals surface area (Å²) in [6.07, 6.45) is 2.23. The van der Waals surface area contributed by atoms with Crippen LogP contribution in [0.3, 0.4) is 0 Å². The van der Waals surface area contributed by atoms with Crippen LogP contribution in [0.15, 0.2) is 24.3 Å². The Labute approximate surface area is 111 Å². The minimum atomic E-state index is 0.331. The number of rotatable bonds is 2. The molecule has 0 aliphatic carbocycles. The van der Waals surface area contributed by atoms with Gasteiger partial charge in [-0.3, -0.25) is 0 Å². The number of aromatic nitrogens is 2. The molecule has 0 amide bonds. The van der Waals surface area contributed by atoms with Gasteiger partial charge in [-0.2, -0.15) is 0 Å². The van der Waals surface area contributed by atoms with Gasteiger partial charge < -0.3 is 10.6 Å². The van der Waals surface area contributed by atoms with Gasteiger partial charge in [-0.1, -0.05) is 23.7 Å². The van der Waals surface area contributed by atoms with Crippen LogP contribution in [0.4, 0.5) is 5.82 Å². The molecule has 1 saturated heterocycles. The monoisotopic (exact) mass is 262 g/mol. The van der Waals surface area contributed by atoms with Crippen molar-refractivity contribution in [3.05, 3.63) is 29.4 Å². The maximum atomic E-state index is 6.25. The Balaban J connectivity index is 2.08. The lowest BCUT2D eigenvalue weighted by Gasteiger charge is -2.25. The van der Waals surface area contributed by atoms with E-state index in [-0.39, 0.29) is 0 Å². The number of benzene rings is 1. The minimum Gasteiger partial charge on any atom is -0.350 e. The molecule has 0 bridgehead atoms. The highest BCUT2D eigenvalue weighted by Crippen LogP contribution is 2.30. The average Bonchev–Trinajstić information content (AvgIpc) is 2.86. The number of hydrogen-bond acceptors (Lipinski definition) is 4. The SMILES string of the molecule is NCC1CCCN1c1nc2ccccc2nc1Cl. The van der Waals surface area contributed by atoms with E-state index in [1.165, 1.54) is 0 Å². The maximum absolute atomic E-state index is 6.25. The third kappa shape index (κ3) is 1.91. The Kier molecular flexibility index (Phi) is 3.06. The number of anilines is 1. The summed E-state index contributed by atoms with van der Waals surface area (Å²) in [5, 5.41) is 0.467. The van der Waals surface area contributed by atoms with Crippen LogP contribution in [0, 0.1) is 0 Å². The number of nitrogens with two attached hydrogens (primary N) is 1. The predicted octanol–water partition coefficient (Wildman–Crippen LogP) is 2.21. The van der Waals surface area contributed by atoms with Gasteiger partial charge >= 0.3 is 0 Å². The molecule has 2 aromatic rings. The summed E-state index contributed by atoms with van der Waals surface area (Å²) >= 11 is 6.25. The highest BCUT2D eigenvalue weighted by atomic mass is 35.5. The van der Waals surface area contributed by atoms with Gasteiger partial charge in [-0.15, -0.1) is 0 Å². The van der Waals surface area contributed by atoms with Crippen molar-refractivity contribution in [3.63, 3.8) is 0 Å². The van der Waals surface area contributed by atoms with E-state index in [9.17, 15) is 0 Å². The van der Waals surface area contributed by atoms with Gasteiger partial charge in [0.05, 0.1) is 11.0 Å². The molecule has 0 saturated carbocycles. The van der Waals surface area contributed by atoms with Crippen molar-refractivity contribution in [2.45, 2.75) is 18.9 Å². The first-order chi connectivity index (χ1) is 8.79. The summed E-state index contributed by atoms with van der Waals surface area (Å²) in [6.45, 7) is 1.58. The van der Waals surface area contributed by atoms with Crippen molar-refractivity contribution in [2.75, 3.05) is 18.0 Å². The fraction of sp³-hybridized carbons (Fsp3) is 0.385. The van der Waals surface area contributed by atoms with E-state index in [4.69, 9.17) is 17.3 Å².